The van der Waals surface area contributed by atoms with Gasteiger partial charge in [0.15, 0.2) is 6.29 Å². The topological polar surface area (TPSA) is 30.0 Å². The third-order valence-corrected chi connectivity index (χ3v) is 2.20. The van der Waals surface area contributed by atoms with E-state index >= 15 is 0 Å². The quantitative estimate of drug-likeness (QED) is 0.487. The Bertz CT molecular complexity index is 508. The largest absolute Gasteiger partial charge is 0.298 e. The summed E-state index contributed by atoms with van der Waals surface area (Å²) in [5.74, 6) is 0. The van der Waals surface area contributed by atoms with Gasteiger partial charge in [-0.1, -0.05) is 17.6 Å². The normalized spacial score (nSPS) is 10.4. The van der Waals surface area contributed by atoms with E-state index in [9.17, 15) is 4.79 Å². The fourth-order valence-electron chi connectivity index (χ4n) is 1.43. The Balaban J connectivity index is 2.79. The number of hydrogen-bond donors (Lipinski definition) is 0. The zero-order chi connectivity index (χ0) is 10.1. The lowest BCUT2D eigenvalue weighted by molar-refractivity contribution is 0.112. The summed E-state index contributed by atoms with van der Waals surface area (Å²) in [5, 5.41) is 0.901. The molecule has 1 aromatic carbocycles. The molecule has 3 heteroatoms. The van der Waals surface area contributed by atoms with E-state index < -0.39 is 0 Å². The lowest BCUT2D eigenvalue weighted by Crippen LogP contribution is -2.01. The molecule has 0 fully saturated rings. The molecule has 14 heavy (non-hydrogen) atoms. The summed E-state index contributed by atoms with van der Waals surface area (Å²) < 4.78 is 0. The number of fused-ring (bicyclic) bond motifs is 1. The molecule has 0 saturated carbocycles. The van der Waals surface area contributed by atoms with Crippen molar-refractivity contribution < 1.29 is 4.79 Å². The Morgan fingerprint density at radius 2 is 2.14 bits per heavy atom. The summed E-state index contributed by atoms with van der Waals surface area (Å²) in [6.07, 6.45) is 0.810. The maximum Gasteiger partial charge on any atom is 0.151 e. The molecule has 0 aliphatic carbocycles. The Labute approximate surface area is 83.4 Å². The van der Waals surface area contributed by atoms with E-state index in [1.165, 1.54) is 0 Å². The molecule has 0 unspecified atom stereocenters. The van der Waals surface area contributed by atoms with Crippen LogP contribution in [0.5, 0.6) is 0 Å². The van der Waals surface area contributed by atoms with E-state index in [1.54, 1.807) is 12.1 Å². The molecular weight excluding hydrogens is 173 g/mol. The first-order valence-corrected chi connectivity index (χ1v) is 4.33. The Morgan fingerprint density at radius 1 is 1.36 bits per heavy atom. The van der Waals surface area contributed by atoms with Gasteiger partial charge in [-0.15, -0.1) is 0 Å². The molecule has 0 spiro atoms. The van der Waals surface area contributed by atoms with Gasteiger partial charge < -0.3 is 0 Å². The minimum atomic E-state index is 0.614. The van der Waals surface area contributed by atoms with Crippen molar-refractivity contribution >= 4 is 30.5 Å². The first-order chi connectivity index (χ1) is 6.70. The average Bonchev–Trinajstić information content (AvgIpc) is 2.17. The number of benzene rings is 1. The predicted octanol–water partition coefficient (Wildman–Crippen LogP) is 1.15. The van der Waals surface area contributed by atoms with Crippen LogP contribution in [0.2, 0.25) is 0 Å². The molecule has 0 aliphatic heterocycles. The van der Waals surface area contributed by atoms with E-state index in [4.69, 9.17) is 7.85 Å². The standard InChI is InChI=1S/C11H8BNO/c1-7-9(6-14)4-8-5-10(12)2-3-11(8)13-7/h2-6H,1H3. The first-order valence-electron chi connectivity index (χ1n) is 4.33. The second-order valence-electron chi connectivity index (χ2n) is 3.23. The predicted molar refractivity (Wildman–Crippen MR) is 57.3 cm³/mol. The van der Waals surface area contributed by atoms with Crippen molar-refractivity contribution in [3.05, 3.63) is 35.5 Å². The van der Waals surface area contributed by atoms with Gasteiger partial charge >= 0.3 is 0 Å². The minimum Gasteiger partial charge on any atom is -0.298 e. The smallest absolute Gasteiger partial charge is 0.151 e. The molecule has 0 atom stereocenters. The fraction of sp³-hybridized carbons (Fsp3) is 0.0909. The summed E-state index contributed by atoms with van der Waals surface area (Å²) in [6.45, 7) is 1.82. The van der Waals surface area contributed by atoms with Crippen LogP contribution in [0.15, 0.2) is 24.3 Å². The average molecular weight is 181 g/mol. The summed E-state index contributed by atoms with van der Waals surface area (Å²) in [4.78, 5) is 15.0. The molecule has 0 amide bonds. The highest BCUT2D eigenvalue weighted by Gasteiger charge is 2.01. The van der Waals surface area contributed by atoms with Gasteiger partial charge in [0.25, 0.3) is 0 Å². The van der Waals surface area contributed by atoms with Gasteiger partial charge in [-0.25, -0.2) is 0 Å². The summed E-state index contributed by atoms with van der Waals surface area (Å²) in [5.41, 5.74) is 2.91. The Hall–Kier alpha value is -1.64. The maximum absolute atomic E-state index is 10.7. The number of aromatic nitrogens is 1. The van der Waals surface area contributed by atoms with Crippen LogP contribution in [-0.4, -0.2) is 19.1 Å². The molecule has 1 aromatic heterocycles. The molecule has 2 radical (unpaired) electrons. The number of pyridine rings is 1. The molecule has 2 rings (SSSR count). The van der Waals surface area contributed by atoms with E-state index in [0.717, 1.165) is 22.9 Å². The number of rotatable bonds is 1. The highest BCUT2D eigenvalue weighted by molar-refractivity contribution is 6.33. The number of carbonyl (C=O) groups excluding carboxylic acids is 1. The van der Waals surface area contributed by atoms with Crippen LogP contribution in [0.25, 0.3) is 10.9 Å². The molecule has 0 aliphatic rings. The summed E-state index contributed by atoms with van der Waals surface area (Å²) in [7, 11) is 5.64. The van der Waals surface area contributed by atoms with Crippen LogP contribution >= 0.6 is 0 Å². The third kappa shape index (κ3) is 1.41. The zero-order valence-electron chi connectivity index (χ0n) is 7.82. The lowest BCUT2D eigenvalue weighted by atomic mass is 9.94. The van der Waals surface area contributed by atoms with Gasteiger partial charge in [0.2, 0.25) is 0 Å². The van der Waals surface area contributed by atoms with Crippen LogP contribution < -0.4 is 5.46 Å². The number of aryl methyl sites for hydroxylation is 1. The van der Waals surface area contributed by atoms with Crippen LogP contribution in [0.1, 0.15) is 16.1 Å². The van der Waals surface area contributed by atoms with Crippen LogP contribution in [0, 0.1) is 6.92 Å². The minimum absolute atomic E-state index is 0.614. The van der Waals surface area contributed by atoms with Gasteiger partial charge in [0.05, 0.1) is 5.52 Å². The molecule has 0 N–H and O–H groups in total. The second-order valence-corrected chi connectivity index (χ2v) is 3.23. The van der Waals surface area contributed by atoms with E-state index in [2.05, 4.69) is 4.98 Å². The number of nitrogens with zero attached hydrogens (tertiary/aromatic N) is 1. The second kappa shape index (κ2) is 3.26. The van der Waals surface area contributed by atoms with Gasteiger partial charge in [0, 0.05) is 16.6 Å². The van der Waals surface area contributed by atoms with Crippen molar-refractivity contribution in [2.45, 2.75) is 6.92 Å². The van der Waals surface area contributed by atoms with Crippen molar-refractivity contribution in [1.29, 1.82) is 0 Å². The molecular formula is C11H8BNO. The molecule has 66 valence electrons. The summed E-state index contributed by atoms with van der Waals surface area (Å²) >= 11 is 0. The van der Waals surface area contributed by atoms with Gasteiger partial charge in [0.1, 0.15) is 7.85 Å². The van der Waals surface area contributed by atoms with Gasteiger partial charge in [-0.2, -0.15) is 0 Å². The summed E-state index contributed by atoms with van der Waals surface area (Å²) in [6, 6.07) is 7.28. The van der Waals surface area contributed by atoms with Crippen LogP contribution in [-0.2, 0) is 0 Å². The third-order valence-electron chi connectivity index (χ3n) is 2.20. The molecule has 1 heterocycles. The molecule has 0 bridgehead atoms. The van der Waals surface area contributed by atoms with E-state index in [1.807, 2.05) is 19.1 Å². The van der Waals surface area contributed by atoms with E-state index in [0.29, 0.717) is 11.0 Å². The monoisotopic (exact) mass is 181 g/mol. The van der Waals surface area contributed by atoms with Crippen molar-refractivity contribution in [2.75, 3.05) is 0 Å². The molecule has 2 nitrogen and oxygen atoms in total. The van der Waals surface area contributed by atoms with Crippen LogP contribution in [0.3, 0.4) is 0 Å². The fourth-order valence-corrected chi connectivity index (χ4v) is 1.43. The Kier molecular flexibility index (Phi) is 2.08. The van der Waals surface area contributed by atoms with Gasteiger partial charge in [-0.3, -0.25) is 9.78 Å². The number of carbonyl (C=O) groups is 1. The lowest BCUT2D eigenvalue weighted by Gasteiger charge is -2.02. The van der Waals surface area contributed by atoms with Crippen molar-refractivity contribution in [3.8, 4) is 0 Å². The number of hydrogen-bond acceptors (Lipinski definition) is 2. The Morgan fingerprint density at radius 3 is 2.86 bits per heavy atom. The highest BCUT2D eigenvalue weighted by Crippen LogP contribution is 2.13. The van der Waals surface area contributed by atoms with Crippen molar-refractivity contribution in [1.82, 2.24) is 4.98 Å². The van der Waals surface area contributed by atoms with Gasteiger partial charge in [-0.05, 0) is 19.1 Å². The maximum atomic E-state index is 10.7. The van der Waals surface area contributed by atoms with Crippen LogP contribution in [0.4, 0.5) is 0 Å². The SMILES string of the molecule is [B]c1ccc2nc(C)c(C=O)cc2c1. The van der Waals surface area contributed by atoms with Crippen molar-refractivity contribution in [2.24, 2.45) is 0 Å². The zero-order valence-corrected chi connectivity index (χ0v) is 7.82. The molecule has 2 aromatic rings. The molecule has 0 saturated heterocycles. The van der Waals surface area contributed by atoms with E-state index in [-0.39, 0.29) is 0 Å². The highest BCUT2D eigenvalue weighted by atomic mass is 16.1. The number of aldehydes is 1. The van der Waals surface area contributed by atoms with Crippen molar-refractivity contribution in [3.63, 3.8) is 0 Å². The first kappa shape index (κ1) is 8.94.